The molecule has 2 rings (SSSR count). The zero-order valence-electron chi connectivity index (χ0n) is 8.65. The van der Waals surface area contributed by atoms with E-state index in [4.69, 9.17) is 4.74 Å². The molecule has 0 aromatic heterocycles. The first-order valence-corrected chi connectivity index (χ1v) is 4.72. The first-order chi connectivity index (χ1) is 7.13. The highest BCUT2D eigenvalue weighted by atomic mass is 16.6. The minimum absolute atomic E-state index is 0.521. The van der Waals surface area contributed by atoms with Crippen LogP contribution < -0.4 is 5.43 Å². The number of hydrogen-bond donors (Lipinski definition) is 1. The van der Waals surface area contributed by atoms with Crippen molar-refractivity contribution in [2.45, 2.75) is 19.4 Å². The Hall–Kier alpha value is -1.84. The van der Waals surface area contributed by atoms with Crippen molar-refractivity contribution in [3.05, 3.63) is 35.9 Å². The second kappa shape index (κ2) is 3.38. The molecule has 1 amide bonds. The van der Waals surface area contributed by atoms with Crippen LogP contribution >= 0.6 is 0 Å². The third-order valence-electron chi connectivity index (χ3n) is 2.63. The van der Waals surface area contributed by atoms with Gasteiger partial charge in [0.15, 0.2) is 5.60 Å². The van der Waals surface area contributed by atoms with Gasteiger partial charge in [0.25, 0.3) is 0 Å². The van der Waals surface area contributed by atoms with Crippen LogP contribution in [0, 0.1) is 0 Å². The number of carbonyl (C=O) groups is 1. The Bertz CT molecular complexity index is 414. The van der Waals surface area contributed by atoms with E-state index in [-0.39, 0.29) is 0 Å². The van der Waals surface area contributed by atoms with Crippen LogP contribution in [0.25, 0.3) is 0 Å². The fourth-order valence-corrected chi connectivity index (χ4v) is 1.54. The summed E-state index contributed by atoms with van der Waals surface area (Å²) in [4.78, 5) is 11.2. The van der Waals surface area contributed by atoms with Gasteiger partial charge in [-0.05, 0) is 13.8 Å². The lowest BCUT2D eigenvalue weighted by Crippen LogP contribution is -2.44. The normalized spacial score (nSPS) is 25.2. The third kappa shape index (κ3) is 1.58. The lowest BCUT2D eigenvalue weighted by Gasteiger charge is -2.32. The fraction of sp³-hybridized carbons (Fsp3) is 0.273. The van der Waals surface area contributed by atoms with Gasteiger partial charge in [-0.1, -0.05) is 30.3 Å². The molecule has 0 spiro atoms. The number of cyclic esters (lactones) is 1. The maximum Gasteiger partial charge on any atom is 0.429 e. The van der Waals surface area contributed by atoms with E-state index < -0.39 is 11.7 Å². The Morgan fingerprint density at radius 3 is 2.67 bits per heavy atom. The number of amides is 1. The SMILES string of the molecule is CC1=NNC(=O)O[C@]1(C)c1ccccc1. The molecule has 1 aromatic rings. The minimum atomic E-state index is -0.760. The number of nitrogens with one attached hydrogen (secondary N) is 1. The Kier molecular flexibility index (Phi) is 2.19. The highest BCUT2D eigenvalue weighted by Crippen LogP contribution is 2.28. The number of hydrazone groups is 1. The molecule has 15 heavy (non-hydrogen) atoms. The van der Waals surface area contributed by atoms with Crippen molar-refractivity contribution in [1.82, 2.24) is 5.43 Å². The van der Waals surface area contributed by atoms with Gasteiger partial charge in [0, 0.05) is 5.56 Å². The van der Waals surface area contributed by atoms with Crippen LogP contribution in [0.4, 0.5) is 4.79 Å². The van der Waals surface area contributed by atoms with Crippen LogP contribution in [-0.4, -0.2) is 11.8 Å². The maximum absolute atomic E-state index is 11.2. The van der Waals surface area contributed by atoms with Gasteiger partial charge in [0.05, 0.1) is 5.71 Å². The summed E-state index contributed by atoms with van der Waals surface area (Å²) in [5.74, 6) is 0. The maximum atomic E-state index is 11.2. The molecular weight excluding hydrogens is 192 g/mol. The summed E-state index contributed by atoms with van der Waals surface area (Å²) in [6.07, 6.45) is -0.521. The van der Waals surface area contributed by atoms with Crippen molar-refractivity contribution < 1.29 is 9.53 Å². The summed E-state index contributed by atoms with van der Waals surface area (Å²) in [6.45, 7) is 3.66. The summed E-state index contributed by atoms with van der Waals surface area (Å²) < 4.78 is 5.29. The number of benzene rings is 1. The molecule has 4 heteroatoms. The van der Waals surface area contributed by atoms with E-state index in [9.17, 15) is 4.79 Å². The number of nitrogens with zero attached hydrogens (tertiary/aromatic N) is 1. The lowest BCUT2D eigenvalue weighted by atomic mass is 9.91. The molecular formula is C11H12N2O2. The average Bonchev–Trinajstić information content (AvgIpc) is 2.25. The zero-order chi connectivity index (χ0) is 10.9. The minimum Gasteiger partial charge on any atom is -0.431 e. The van der Waals surface area contributed by atoms with E-state index in [1.54, 1.807) is 0 Å². The van der Waals surface area contributed by atoms with Crippen molar-refractivity contribution >= 4 is 11.8 Å². The fourth-order valence-electron chi connectivity index (χ4n) is 1.54. The van der Waals surface area contributed by atoms with E-state index in [0.29, 0.717) is 0 Å². The van der Waals surface area contributed by atoms with Crippen molar-refractivity contribution in [3.8, 4) is 0 Å². The van der Waals surface area contributed by atoms with Gasteiger partial charge in [-0.2, -0.15) is 5.10 Å². The summed E-state index contributed by atoms with van der Waals surface area (Å²) in [5.41, 5.74) is 3.17. The molecule has 0 unspecified atom stereocenters. The first-order valence-electron chi connectivity index (χ1n) is 4.72. The monoisotopic (exact) mass is 204 g/mol. The van der Waals surface area contributed by atoms with Gasteiger partial charge >= 0.3 is 6.09 Å². The predicted molar refractivity (Wildman–Crippen MR) is 56.5 cm³/mol. The van der Waals surface area contributed by atoms with Crippen LogP contribution in [0.15, 0.2) is 35.4 Å². The topological polar surface area (TPSA) is 50.7 Å². The zero-order valence-corrected chi connectivity index (χ0v) is 8.65. The van der Waals surface area contributed by atoms with Gasteiger partial charge in [0.1, 0.15) is 0 Å². The van der Waals surface area contributed by atoms with Crippen molar-refractivity contribution in [2.24, 2.45) is 5.10 Å². The molecule has 1 N–H and O–H groups in total. The molecule has 0 aliphatic carbocycles. The van der Waals surface area contributed by atoms with Crippen LogP contribution in [-0.2, 0) is 10.3 Å². The standard InChI is InChI=1S/C11H12N2O2/c1-8-11(2,15-10(14)13-12-8)9-6-4-3-5-7-9/h3-7H,1-2H3,(H,13,14)/t11-/m0/s1. The lowest BCUT2D eigenvalue weighted by molar-refractivity contribution is 0.0626. The molecule has 0 bridgehead atoms. The summed E-state index contributed by atoms with van der Waals surface area (Å²) >= 11 is 0. The van der Waals surface area contributed by atoms with E-state index in [1.165, 1.54) is 0 Å². The summed E-state index contributed by atoms with van der Waals surface area (Å²) in [5, 5.41) is 3.93. The van der Waals surface area contributed by atoms with Crippen molar-refractivity contribution in [2.75, 3.05) is 0 Å². The molecule has 78 valence electrons. The largest absolute Gasteiger partial charge is 0.431 e. The molecule has 1 aromatic carbocycles. The van der Waals surface area contributed by atoms with Crippen LogP contribution in [0.1, 0.15) is 19.4 Å². The van der Waals surface area contributed by atoms with Crippen LogP contribution in [0.2, 0.25) is 0 Å². The molecule has 1 aliphatic rings. The van der Waals surface area contributed by atoms with Gasteiger partial charge in [-0.15, -0.1) is 0 Å². The second-order valence-electron chi connectivity index (χ2n) is 3.60. The van der Waals surface area contributed by atoms with E-state index in [2.05, 4.69) is 10.5 Å². The predicted octanol–water partition coefficient (Wildman–Crippen LogP) is 2.02. The number of rotatable bonds is 1. The molecule has 4 nitrogen and oxygen atoms in total. The van der Waals surface area contributed by atoms with Gasteiger partial charge in [-0.25, -0.2) is 10.2 Å². The third-order valence-corrected chi connectivity index (χ3v) is 2.63. The Morgan fingerprint density at radius 2 is 2.00 bits per heavy atom. The molecule has 0 saturated heterocycles. The molecule has 1 atom stereocenters. The van der Waals surface area contributed by atoms with Crippen molar-refractivity contribution in [1.29, 1.82) is 0 Å². The second-order valence-corrected chi connectivity index (χ2v) is 3.60. The first kappa shape index (κ1) is 9.71. The van der Waals surface area contributed by atoms with Gasteiger partial charge in [0.2, 0.25) is 0 Å². The van der Waals surface area contributed by atoms with Crippen molar-refractivity contribution in [3.63, 3.8) is 0 Å². The van der Waals surface area contributed by atoms with Crippen LogP contribution in [0.5, 0.6) is 0 Å². The summed E-state index contributed by atoms with van der Waals surface area (Å²) in [6, 6.07) is 9.56. The molecule has 0 radical (unpaired) electrons. The summed E-state index contributed by atoms with van der Waals surface area (Å²) in [7, 11) is 0. The number of hydrogen-bond acceptors (Lipinski definition) is 3. The molecule has 1 aliphatic heterocycles. The quantitative estimate of drug-likeness (QED) is 0.760. The Labute approximate surface area is 87.9 Å². The number of ether oxygens (including phenoxy) is 1. The van der Waals surface area contributed by atoms with Gasteiger partial charge < -0.3 is 4.74 Å². The highest BCUT2D eigenvalue weighted by molar-refractivity contribution is 5.95. The smallest absolute Gasteiger partial charge is 0.429 e. The van der Waals surface area contributed by atoms with E-state index in [1.807, 2.05) is 44.2 Å². The molecule has 1 heterocycles. The Balaban J connectivity index is 2.46. The Morgan fingerprint density at radius 1 is 1.33 bits per heavy atom. The number of carbonyl (C=O) groups excluding carboxylic acids is 1. The average molecular weight is 204 g/mol. The van der Waals surface area contributed by atoms with E-state index in [0.717, 1.165) is 11.3 Å². The molecule has 0 saturated carbocycles. The van der Waals surface area contributed by atoms with Crippen LogP contribution in [0.3, 0.4) is 0 Å². The highest BCUT2D eigenvalue weighted by Gasteiger charge is 2.37. The van der Waals surface area contributed by atoms with Gasteiger partial charge in [-0.3, -0.25) is 0 Å². The molecule has 0 fully saturated rings. The van der Waals surface area contributed by atoms with E-state index >= 15 is 0 Å².